The number of hydrogen-bond donors (Lipinski definition) is 0. The van der Waals surface area contributed by atoms with E-state index < -0.39 is 5.82 Å². The summed E-state index contributed by atoms with van der Waals surface area (Å²) in [7, 11) is 0. The van der Waals surface area contributed by atoms with Gasteiger partial charge in [0.05, 0.1) is 16.6 Å². The van der Waals surface area contributed by atoms with E-state index in [2.05, 4.69) is 15.1 Å². The predicted molar refractivity (Wildman–Crippen MR) is 88.7 cm³/mol. The van der Waals surface area contributed by atoms with Crippen LogP contribution in [0, 0.1) is 5.82 Å². The number of nitrogens with zero attached hydrogens (tertiary/aromatic N) is 4. The third-order valence-electron chi connectivity index (χ3n) is 4.03. The number of anilines is 1. The first kappa shape index (κ1) is 15.7. The maximum Gasteiger partial charge on any atom is 0.232 e. The van der Waals surface area contributed by atoms with Crippen molar-refractivity contribution in [1.29, 1.82) is 0 Å². The first-order valence-electron chi connectivity index (χ1n) is 7.63. The molecule has 25 heavy (non-hydrogen) atoms. The van der Waals surface area contributed by atoms with Crippen molar-refractivity contribution in [1.82, 2.24) is 15.1 Å². The largest absolute Gasteiger partial charge is 0.339 e. The summed E-state index contributed by atoms with van der Waals surface area (Å²) in [5, 5.41) is 3.89. The number of pyridine rings is 1. The van der Waals surface area contributed by atoms with E-state index in [0.717, 1.165) is 0 Å². The summed E-state index contributed by atoms with van der Waals surface area (Å²) in [5.41, 5.74) is 0.740. The van der Waals surface area contributed by atoms with E-state index >= 15 is 0 Å². The Labute approximate surface area is 147 Å². The Kier molecular flexibility index (Phi) is 3.93. The van der Waals surface area contributed by atoms with E-state index in [9.17, 15) is 9.18 Å². The van der Waals surface area contributed by atoms with Crippen LogP contribution in [0.2, 0.25) is 5.02 Å². The van der Waals surface area contributed by atoms with Crippen LogP contribution in [0.5, 0.6) is 0 Å². The van der Waals surface area contributed by atoms with Gasteiger partial charge >= 0.3 is 0 Å². The van der Waals surface area contributed by atoms with Crippen molar-refractivity contribution in [2.75, 3.05) is 11.4 Å². The molecule has 3 heterocycles. The maximum atomic E-state index is 14.2. The molecule has 1 unspecified atom stereocenters. The van der Waals surface area contributed by atoms with Gasteiger partial charge in [-0.1, -0.05) is 28.9 Å². The molecule has 1 aromatic carbocycles. The molecule has 0 spiro atoms. The molecular formula is C17H12ClFN4O2. The van der Waals surface area contributed by atoms with E-state index in [1.54, 1.807) is 24.4 Å². The lowest BCUT2D eigenvalue weighted by Gasteiger charge is -2.17. The highest BCUT2D eigenvalue weighted by Gasteiger charge is 2.36. The number of halogens is 2. The van der Waals surface area contributed by atoms with Gasteiger partial charge in [-0.25, -0.2) is 4.39 Å². The summed E-state index contributed by atoms with van der Waals surface area (Å²) >= 11 is 5.80. The summed E-state index contributed by atoms with van der Waals surface area (Å²) in [6.45, 7) is 0.250. The molecule has 1 amide bonds. The van der Waals surface area contributed by atoms with E-state index in [-0.39, 0.29) is 35.5 Å². The second-order valence-electron chi connectivity index (χ2n) is 5.65. The molecule has 8 heteroatoms. The molecule has 2 aromatic heterocycles. The predicted octanol–water partition coefficient (Wildman–Crippen LogP) is 3.44. The van der Waals surface area contributed by atoms with Crippen LogP contribution < -0.4 is 4.90 Å². The molecule has 0 saturated carbocycles. The van der Waals surface area contributed by atoms with Gasteiger partial charge < -0.3 is 9.42 Å². The van der Waals surface area contributed by atoms with Crippen molar-refractivity contribution < 1.29 is 13.7 Å². The quantitative estimate of drug-likeness (QED) is 0.717. The molecule has 1 fully saturated rings. The Morgan fingerprint density at radius 2 is 2.12 bits per heavy atom. The van der Waals surface area contributed by atoms with Crippen molar-refractivity contribution in [2.24, 2.45) is 0 Å². The van der Waals surface area contributed by atoms with Gasteiger partial charge in [0.15, 0.2) is 5.82 Å². The standard InChI is InChI=1S/C17H12ClFN4O2/c18-11-4-3-6-13(15(11)19)23-9-10(8-14(23)24)17-21-16(22-25-17)12-5-1-2-7-20-12/h1-7,10H,8-9H2. The lowest BCUT2D eigenvalue weighted by atomic mass is 10.1. The van der Waals surface area contributed by atoms with Crippen LogP contribution in [0.4, 0.5) is 10.1 Å². The van der Waals surface area contributed by atoms with Gasteiger partial charge in [-0.3, -0.25) is 9.78 Å². The van der Waals surface area contributed by atoms with Gasteiger partial charge in [0.25, 0.3) is 0 Å². The monoisotopic (exact) mass is 358 g/mol. The molecule has 0 radical (unpaired) electrons. The van der Waals surface area contributed by atoms with Crippen molar-refractivity contribution in [3.63, 3.8) is 0 Å². The van der Waals surface area contributed by atoms with E-state index in [0.29, 0.717) is 17.4 Å². The highest BCUT2D eigenvalue weighted by atomic mass is 35.5. The van der Waals surface area contributed by atoms with Crippen LogP contribution in [0.3, 0.4) is 0 Å². The van der Waals surface area contributed by atoms with Crippen molar-refractivity contribution in [3.05, 3.63) is 59.3 Å². The van der Waals surface area contributed by atoms with Crippen LogP contribution in [-0.4, -0.2) is 27.6 Å². The highest BCUT2D eigenvalue weighted by Crippen LogP contribution is 2.34. The molecular weight excluding hydrogens is 347 g/mol. The number of amides is 1. The smallest absolute Gasteiger partial charge is 0.232 e. The minimum Gasteiger partial charge on any atom is -0.339 e. The number of hydrogen-bond acceptors (Lipinski definition) is 5. The molecule has 1 atom stereocenters. The number of carbonyl (C=O) groups is 1. The summed E-state index contributed by atoms with van der Waals surface area (Å²) in [6.07, 6.45) is 1.80. The number of aromatic nitrogens is 3. The summed E-state index contributed by atoms with van der Waals surface area (Å²) < 4.78 is 19.5. The average Bonchev–Trinajstić information content (AvgIpc) is 3.25. The van der Waals surface area contributed by atoms with Crippen LogP contribution in [0.1, 0.15) is 18.2 Å². The van der Waals surface area contributed by atoms with Crippen molar-refractivity contribution in [2.45, 2.75) is 12.3 Å². The molecule has 126 valence electrons. The first-order chi connectivity index (χ1) is 12.1. The Bertz CT molecular complexity index is 931. The van der Waals surface area contributed by atoms with E-state index in [1.807, 2.05) is 6.07 Å². The fourth-order valence-electron chi connectivity index (χ4n) is 2.81. The minimum atomic E-state index is -0.613. The summed E-state index contributed by atoms with van der Waals surface area (Å²) in [4.78, 5) is 22.2. The Morgan fingerprint density at radius 1 is 1.24 bits per heavy atom. The molecule has 1 saturated heterocycles. The third kappa shape index (κ3) is 2.87. The molecule has 0 bridgehead atoms. The number of rotatable bonds is 3. The Morgan fingerprint density at radius 3 is 2.92 bits per heavy atom. The Balaban J connectivity index is 1.59. The summed E-state index contributed by atoms with van der Waals surface area (Å²) in [5.74, 6) is -0.452. The third-order valence-corrected chi connectivity index (χ3v) is 4.32. The van der Waals surface area contributed by atoms with Gasteiger partial charge in [-0.2, -0.15) is 4.98 Å². The minimum absolute atomic E-state index is 0.0241. The molecule has 1 aliphatic rings. The van der Waals surface area contributed by atoms with Crippen molar-refractivity contribution in [3.8, 4) is 11.5 Å². The highest BCUT2D eigenvalue weighted by molar-refractivity contribution is 6.31. The zero-order valence-corrected chi connectivity index (χ0v) is 13.7. The number of benzene rings is 1. The first-order valence-corrected chi connectivity index (χ1v) is 8.00. The fraction of sp³-hybridized carbons (Fsp3) is 0.176. The molecule has 0 N–H and O–H groups in total. The van der Waals surface area contributed by atoms with Crippen LogP contribution >= 0.6 is 11.6 Å². The second kappa shape index (κ2) is 6.25. The molecule has 6 nitrogen and oxygen atoms in total. The van der Waals surface area contributed by atoms with Gasteiger partial charge in [-0.15, -0.1) is 0 Å². The molecule has 3 aromatic rings. The number of carbonyl (C=O) groups excluding carboxylic acids is 1. The molecule has 0 aliphatic carbocycles. The Hall–Kier alpha value is -2.80. The fourth-order valence-corrected chi connectivity index (χ4v) is 2.98. The lowest BCUT2D eigenvalue weighted by molar-refractivity contribution is -0.117. The van der Waals surface area contributed by atoms with Crippen LogP contribution in [0.15, 0.2) is 47.1 Å². The van der Waals surface area contributed by atoms with E-state index in [4.69, 9.17) is 16.1 Å². The summed E-state index contributed by atoms with van der Waals surface area (Å²) in [6, 6.07) is 9.94. The van der Waals surface area contributed by atoms with Crippen molar-refractivity contribution >= 4 is 23.2 Å². The zero-order chi connectivity index (χ0) is 17.4. The topological polar surface area (TPSA) is 72.1 Å². The van der Waals surface area contributed by atoms with Gasteiger partial charge in [0.1, 0.15) is 5.69 Å². The maximum absolute atomic E-state index is 14.2. The van der Waals surface area contributed by atoms with Gasteiger partial charge in [0, 0.05) is 19.2 Å². The second-order valence-corrected chi connectivity index (χ2v) is 6.06. The van der Waals surface area contributed by atoms with Crippen LogP contribution in [-0.2, 0) is 4.79 Å². The van der Waals surface area contributed by atoms with Gasteiger partial charge in [-0.05, 0) is 24.3 Å². The normalized spacial score (nSPS) is 17.3. The molecule has 1 aliphatic heterocycles. The lowest BCUT2D eigenvalue weighted by Crippen LogP contribution is -2.25. The average molecular weight is 359 g/mol. The zero-order valence-electron chi connectivity index (χ0n) is 12.9. The molecule has 4 rings (SSSR count). The van der Waals surface area contributed by atoms with E-state index in [1.165, 1.54) is 17.0 Å². The SMILES string of the molecule is O=C1CC(c2nc(-c3ccccn3)no2)CN1c1cccc(Cl)c1F. The van der Waals surface area contributed by atoms with Crippen LogP contribution in [0.25, 0.3) is 11.5 Å². The van der Waals surface area contributed by atoms with Gasteiger partial charge in [0.2, 0.25) is 17.6 Å².